The van der Waals surface area contributed by atoms with Gasteiger partial charge >= 0.3 is 0 Å². The van der Waals surface area contributed by atoms with Crippen molar-refractivity contribution in [2.75, 3.05) is 10.6 Å². The first-order chi connectivity index (χ1) is 12.9. The molecule has 2 amide bonds. The van der Waals surface area contributed by atoms with Gasteiger partial charge in [-0.3, -0.25) is 14.6 Å². The van der Waals surface area contributed by atoms with Crippen molar-refractivity contribution in [1.29, 1.82) is 0 Å². The topological polar surface area (TPSA) is 71.1 Å². The molecule has 0 saturated carbocycles. The summed E-state index contributed by atoms with van der Waals surface area (Å²) in [5.41, 5.74) is 0.368. The van der Waals surface area contributed by atoms with E-state index < -0.39 is 23.4 Å². The average molecular weight is 388 g/mol. The number of hydrogen-bond donors (Lipinski definition) is 2. The van der Waals surface area contributed by atoms with Gasteiger partial charge in [0.1, 0.15) is 17.3 Å². The summed E-state index contributed by atoms with van der Waals surface area (Å²) in [6.07, 6.45) is 1.28. The van der Waals surface area contributed by atoms with E-state index in [1.807, 2.05) is 0 Å². The van der Waals surface area contributed by atoms with Crippen molar-refractivity contribution in [2.45, 2.75) is 0 Å². The van der Waals surface area contributed by atoms with Crippen molar-refractivity contribution in [3.05, 3.63) is 88.7 Å². The number of hydrogen-bond acceptors (Lipinski definition) is 3. The first-order valence-electron chi connectivity index (χ1n) is 7.72. The Bertz CT molecular complexity index is 1030. The second kappa shape index (κ2) is 7.92. The fourth-order valence-corrected chi connectivity index (χ4v) is 2.40. The molecule has 8 heteroatoms. The number of amides is 2. The number of carbonyl (C=O) groups is 2. The summed E-state index contributed by atoms with van der Waals surface area (Å²) < 4.78 is 26.8. The molecule has 136 valence electrons. The Morgan fingerprint density at radius 1 is 0.889 bits per heavy atom. The van der Waals surface area contributed by atoms with Crippen molar-refractivity contribution in [3.8, 4) is 0 Å². The molecule has 0 aliphatic heterocycles. The zero-order chi connectivity index (χ0) is 19.4. The summed E-state index contributed by atoms with van der Waals surface area (Å²) in [7, 11) is 0. The molecule has 2 aromatic carbocycles. The highest BCUT2D eigenvalue weighted by molar-refractivity contribution is 6.31. The van der Waals surface area contributed by atoms with Crippen molar-refractivity contribution in [1.82, 2.24) is 4.98 Å². The van der Waals surface area contributed by atoms with Gasteiger partial charge in [0.2, 0.25) is 0 Å². The molecule has 0 unspecified atom stereocenters. The number of halogens is 3. The number of para-hydroxylation sites is 1. The molecule has 1 aromatic heterocycles. The molecule has 3 rings (SSSR count). The lowest BCUT2D eigenvalue weighted by Crippen LogP contribution is -2.17. The van der Waals surface area contributed by atoms with E-state index in [-0.39, 0.29) is 27.7 Å². The Balaban J connectivity index is 1.76. The van der Waals surface area contributed by atoms with Gasteiger partial charge < -0.3 is 10.6 Å². The molecule has 0 atom stereocenters. The normalized spacial score (nSPS) is 10.3. The molecular weight excluding hydrogens is 376 g/mol. The van der Waals surface area contributed by atoms with Crippen molar-refractivity contribution in [3.63, 3.8) is 0 Å². The molecule has 0 spiro atoms. The standard InChI is InChI=1S/C19H12ClF2N3O2/c20-13-10-12(5-6-14(13)21)24-19(27)17-9-11(7-8-23-17)18(26)25-16-4-2-1-3-15(16)22/h1-10H,(H,24,27)(H,25,26). The first kappa shape index (κ1) is 18.5. The second-order valence-electron chi connectivity index (χ2n) is 5.45. The summed E-state index contributed by atoms with van der Waals surface area (Å²) in [5, 5.41) is 4.79. The van der Waals surface area contributed by atoms with Crippen LogP contribution in [0.1, 0.15) is 20.8 Å². The van der Waals surface area contributed by atoms with Gasteiger partial charge in [0.05, 0.1) is 10.7 Å². The van der Waals surface area contributed by atoms with Crippen LogP contribution >= 0.6 is 11.6 Å². The monoisotopic (exact) mass is 387 g/mol. The minimum atomic E-state index is -0.613. The largest absolute Gasteiger partial charge is 0.321 e. The fraction of sp³-hybridized carbons (Fsp3) is 0. The second-order valence-corrected chi connectivity index (χ2v) is 5.85. The van der Waals surface area contributed by atoms with Gasteiger partial charge in [-0.15, -0.1) is 0 Å². The molecule has 0 aliphatic rings. The molecule has 0 radical (unpaired) electrons. The lowest BCUT2D eigenvalue weighted by molar-refractivity contribution is 0.102. The van der Waals surface area contributed by atoms with Crippen molar-refractivity contribution in [2.24, 2.45) is 0 Å². The highest BCUT2D eigenvalue weighted by Gasteiger charge is 2.14. The first-order valence-corrected chi connectivity index (χ1v) is 8.10. The van der Waals surface area contributed by atoms with E-state index in [0.29, 0.717) is 0 Å². The van der Waals surface area contributed by atoms with Crippen LogP contribution in [0.3, 0.4) is 0 Å². The molecule has 2 N–H and O–H groups in total. The van der Waals surface area contributed by atoms with Crippen LogP contribution in [0, 0.1) is 11.6 Å². The predicted octanol–water partition coefficient (Wildman–Crippen LogP) is 4.52. The van der Waals surface area contributed by atoms with Crippen LogP contribution in [0.4, 0.5) is 20.2 Å². The molecular formula is C19H12ClF2N3O2. The van der Waals surface area contributed by atoms with Crippen LogP contribution in [0.25, 0.3) is 0 Å². The van der Waals surface area contributed by atoms with Crippen LogP contribution in [0.2, 0.25) is 5.02 Å². The van der Waals surface area contributed by atoms with Gasteiger partial charge in [-0.25, -0.2) is 8.78 Å². The number of aromatic nitrogens is 1. The summed E-state index contributed by atoms with van der Waals surface area (Å²) in [5.74, 6) is -2.40. The summed E-state index contributed by atoms with van der Waals surface area (Å²) in [4.78, 5) is 28.5. The summed E-state index contributed by atoms with van der Waals surface area (Å²) >= 11 is 5.67. The van der Waals surface area contributed by atoms with Crippen molar-refractivity contribution < 1.29 is 18.4 Å². The lowest BCUT2D eigenvalue weighted by atomic mass is 10.2. The maximum atomic E-state index is 13.6. The molecule has 27 heavy (non-hydrogen) atoms. The molecule has 0 fully saturated rings. The van der Waals surface area contributed by atoms with Gasteiger partial charge in [0.15, 0.2) is 0 Å². The van der Waals surface area contributed by atoms with E-state index in [1.54, 1.807) is 6.07 Å². The number of carbonyl (C=O) groups excluding carboxylic acids is 2. The highest BCUT2D eigenvalue weighted by atomic mass is 35.5. The molecule has 5 nitrogen and oxygen atoms in total. The number of anilines is 2. The molecule has 1 heterocycles. The Morgan fingerprint density at radius 3 is 2.41 bits per heavy atom. The van der Waals surface area contributed by atoms with Crippen LogP contribution in [-0.4, -0.2) is 16.8 Å². The summed E-state index contributed by atoms with van der Waals surface area (Å²) in [6.45, 7) is 0. The SMILES string of the molecule is O=C(Nc1ccccc1F)c1ccnc(C(=O)Nc2ccc(F)c(Cl)c2)c1. The van der Waals surface area contributed by atoms with E-state index >= 15 is 0 Å². The Kier molecular flexibility index (Phi) is 5.42. The number of rotatable bonds is 4. The zero-order valence-corrected chi connectivity index (χ0v) is 14.4. The fourth-order valence-electron chi connectivity index (χ4n) is 2.22. The quantitative estimate of drug-likeness (QED) is 0.691. The maximum Gasteiger partial charge on any atom is 0.274 e. The van der Waals surface area contributed by atoms with Crippen LogP contribution in [0.5, 0.6) is 0 Å². The number of nitrogens with one attached hydrogen (secondary N) is 2. The molecule has 3 aromatic rings. The van der Waals surface area contributed by atoms with Gasteiger partial charge in [-0.2, -0.15) is 0 Å². The molecule has 0 aliphatic carbocycles. The van der Waals surface area contributed by atoms with Crippen LogP contribution in [-0.2, 0) is 0 Å². The van der Waals surface area contributed by atoms with Crippen molar-refractivity contribution >= 4 is 34.8 Å². The highest BCUT2D eigenvalue weighted by Crippen LogP contribution is 2.20. The summed E-state index contributed by atoms with van der Waals surface area (Å²) in [6, 6.07) is 12.1. The van der Waals surface area contributed by atoms with Gasteiger partial charge in [-0.1, -0.05) is 23.7 Å². The average Bonchev–Trinajstić information content (AvgIpc) is 2.66. The van der Waals surface area contributed by atoms with Crippen LogP contribution < -0.4 is 10.6 Å². The maximum absolute atomic E-state index is 13.6. The van der Waals surface area contributed by atoms with Gasteiger partial charge in [0.25, 0.3) is 11.8 Å². The van der Waals surface area contributed by atoms with E-state index in [0.717, 1.165) is 6.07 Å². The Labute approximate surface area is 158 Å². The number of pyridine rings is 1. The van der Waals surface area contributed by atoms with Gasteiger partial charge in [0, 0.05) is 17.4 Å². The lowest BCUT2D eigenvalue weighted by Gasteiger charge is -2.08. The predicted molar refractivity (Wildman–Crippen MR) is 98.0 cm³/mol. The number of nitrogens with zero attached hydrogens (tertiary/aromatic N) is 1. The zero-order valence-electron chi connectivity index (χ0n) is 13.7. The van der Waals surface area contributed by atoms with Crippen LogP contribution in [0.15, 0.2) is 60.8 Å². The molecule has 0 bridgehead atoms. The van der Waals surface area contributed by atoms with E-state index in [4.69, 9.17) is 11.6 Å². The third kappa shape index (κ3) is 4.45. The number of benzene rings is 2. The minimum Gasteiger partial charge on any atom is -0.321 e. The smallest absolute Gasteiger partial charge is 0.274 e. The van der Waals surface area contributed by atoms with E-state index in [9.17, 15) is 18.4 Å². The third-order valence-electron chi connectivity index (χ3n) is 3.55. The Hall–Kier alpha value is -3.32. The Morgan fingerprint density at radius 2 is 1.67 bits per heavy atom. The molecule has 0 saturated heterocycles. The third-order valence-corrected chi connectivity index (χ3v) is 3.84. The van der Waals surface area contributed by atoms with E-state index in [1.165, 1.54) is 48.7 Å². The minimum absolute atomic E-state index is 0.0197. The van der Waals surface area contributed by atoms with Gasteiger partial charge in [-0.05, 0) is 42.5 Å². The van der Waals surface area contributed by atoms with E-state index in [2.05, 4.69) is 15.6 Å².